The van der Waals surface area contributed by atoms with Crippen LogP contribution < -0.4 is 4.13 Å². The van der Waals surface area contributed by atoms with Gasteiger partial charge < -0.3 is 0 Å². The van der Waals surface area contributed by atoms with Gasteiger partial charge in [-0.3, -0.25) is 4.89 Å². The van der Waals surface area contributed by atoms with Crippen molar-refractivity contribution in [1.29, 1.82) is 0 Å². The van der Waals surface area contributed by atoms with E-state index in [9.17, 15) is 25.5 Å². The molecule has 0 heterocycles. The maximum Gasteiger partial charge on any atom is 0.385 e. The van der Waals surface area contributed by atoms with Crippen molar-refractivity contribution in [2.24, 2.45) is 0 Å². The van der Waals surface area contributed by atoms with Crippen molar-refractivity contribution in [1.82, 2.24) is 4.13 Å². The molecule has 0 rings (SSSR count). The van der Waals surface area contributed by atoms with E-state index in [-0.39, 0.29) is 5.57 Å². The smallest absolute Gasteiger partial charge is 0.293 e. The molecular weight excluding hydrogens is 281 g/mol. The molecule has 0 amide bonds. The minimum Gasteiger partial charge on any atom is -0.293 e. The fourth-order valence-electron chi connectivity index (χ4n) is 0.503. The van der Waals surface area contributed by atoms with E-state index in [0.29, 0.717) is 0 Å². The van der Waals surface area contributed by atoms with Gasteiger partial charge in [-0.25, -0.2) is 13.2 Å². The highest BCUT2D eigenvalue weighted by molar-refractivity contribution is 8.02. The van der Waals surface area contributed by atoms with Gasteiger partial charge in [-0.15, -0.1) is 0 Å². The van der Waals surface area contributed by atoms with E-state index in [2.05, 4.69) is 16.4 Å². The van der Waals surface area contributed by atoms with Gasteiger partial charge in [0.25, 0.3) is 0 Å². The molecule has 0 aromatic heterocycles. The number of halogens is 1. The largest absolute Gasteiger partial charge is 0.385 e. The molecule has 0 spiro atoms. The predicted octanol–water partition coefficient (Wildman–Crippen LogP) is -0.829. The Morgan fingerprint density at radius 2 is 1.88 bits per heavy atom. The van der Waals surface area contributed by atoms with Gasteiger partial charge in [0.2, 0.25) is 10.0 Å². The summed E-state index contributed by atoms with van der Waals surface area (Å²) in [6.07, 6.45) is 0. The summed E-state index contributed by atoms with van der Waals surface area (Å²) < 4.78 is 54.4. The molecule has 100 valence electrons. The number of sulfonamides is 1. The Bertz CT molecular complexity index is 494. The molecule has 0 aliphatic rings. The first-order valence-electron chi connectivity index (χ1n) is 3.99. The van der Waals surface area contributed by atoms with Gasteiger partial charge in [-0.2, -0.15) is 13.3 Å². The van der Waals surface area contributed by atoms with E-state index in [1.165, 1.54) is 6.92 Å². The number of carbonyl (C=O) groups excluding carboxylic acids is 1. The summed E-state index contributed by atoms with van der Waals surface area (Å²) in [5, 5.41) is 0. The standard InChI is InChI=1S/C6H10FNO7S2/c1-5(2)6(9)15-14-3-4-16(10,11)8-17(7,12)13/h8H,1,3-4H2,2H3. The zero-order valence-electron chi connectivity index (χ0n) is 8.67. The van der Waals surface area contributed by atoms with Crippen molar-refractivity contribution in [2.75, 3.05) is 12.4 Å². The van der Waals surface area contributed by atoms with Crippen LogP contribution in [0.3, 0.4) is 0 Å². The Kier molecular flexibility index (Phi) is 5.68. The first-order chi connectivity index (χ1) is 7.53. The van der Waals surface area contributed by atoms with Crippen molar-refractivity contribution in [3.05, 3.63) is 12.2 Å². The second-order valence-corrected chi connectivity index (χ2v) is 5.99. The van der Waals surface area contributed by atoms with Crippen molar-refractivity contribution >= 4 is 26.4 Å². The van der Waals surface area contributed by atoms with Crippen LogP contribution in [0, 0.1) is 0 Å². The zero-order valence-corrected chi connectivity index (χ0v) is 10.3. The summed E-state index contributed by atoms with van der Waals surface area (Å²) in [5.41, 5.74) is 0.0253. The summed E-state index contributed by atoms with van der Waals surface area (Å²) in [5.74, 6) is -1.81. The van der Waals surface area contributed by atoms with Crippen LogP contribution in [0.5, 0.6) is 0 Å². The molecular formula is C6H10FNO7S2. The first-order valence-corrected chi connectivity index (χ1v) is 7.02. The third-order valence-electron chi connectivity index (χ3n) is 1.14. The zero-order chi connectivity index (χ0) is 13.7. The molecule has 0 unspecified atom stereocenters. The Labute approximate surface area is 97.7 Å². The van der Waals surface area contributed by atoms with Crippen LogP contribution in [0.15, 0.2) is 12.2 Å². The molecule has 8 nitrogen and oxygen atoms in total. The predicted molar refractivity (Wildman–Crippen MR) is 53.8 cm³/mol. The molecule has 0 aliphatic heterocycles. The number of hydrogen-bond donors (Lipinski definition) is 1. The molecule has 0 atom stereocenters. The third-order valence-corrected chi connectivity index (χ3v) is 3.66. The topological polar surface area (TPSA) is 116 Å². The summed E-state index contributed by atoms with van der Waals surface area (Å²) in [6.45, 7) is 3.89. The average molecular weight is 291 g/mol. The van der Waals surface area contributed by atoms with E-state index in [4.69, 9.17) is 0 Å². The maximum atomic E-state index is 12.0. The Morgan fingerprint density at radius 3 is 2.29 bits per heavy atom. The van der Waals surface area contributed by atoms with Crippen molar-refractivity contribution < 1.29 is 35.3 Å². The molecule has 0 saturated carbocycles. The van der Waals surface area contributed by atoms with Crippen molar-refractivity contribution in [2.45, 2.75) is 6.92 Å². The van der Waals surface area contributed by atoms with Gasteiger partial charge in [0.05, 0.1) is 5.75 Å². The lowest BCUT2D eigenvalue weighted by molar-refractivity contribution is -0.264. The lowest BCUT2D eigenvalue weighted by Gasteiger charge is -2.03. The van der Waals surface area contributed by atoms with Gasteiger partial charge in [0, 0.05) is 5.57 Å². The minimum absolute atomic E-state index is 0.0253. The SMILES string of the molecule is C=C(C)C(=O)OOCCS(=O)(=O)NS(=O)(=O)F. The van der Waals surface area contributed by atoms with E-state index >= 15 is 0 Å². The van der Waals surface area contributed by atoms with Crippen LogP contribution in [0.4, 0.5) is 3.89 Å². The summed E-state index contributed by atoms with van der Waals surface area (Å²) in [7, 11) is -9.77. The lowest BCUT2D eigenvalue weighted by atomic mass is 10.4. The Morgan fingerprint density at radius 1 is 1.35 bits per heavy atom. The van der Waals surface area contributed by atoms with Crippen LogP contribution in [-0.4, -0.2) is 35.2 Å². The molecule has 0 bridgehead atoms. The van der Waals surface area contributed by atoms with E-state index in [1.807, 2.05) is 0 Å². The van der Waals surface area contributed by atoms with Crippen LogP contribution in [0.2, 0.25) is 0 Å². The normalized spacial score (nSPS) is 12.1. The summed E-state index contributed by atoms with van der Waals surface area (Å²) in [4.78, 5) is 18.9. The van der Waals surface area contributed by atoms with Crippen LogP contribution in [0.25, 0.3) is 0 Å². The van der Waals surface area contributed by atoms with Gasteiger partial charge >= 0.3 is 16.4 Å². The Balaban J connectivity index is 4.06. The number of rotatable bonds is 7. The van der Waals surface area contributed by atoms with E-state index in [0.717, 1.165) is 4.13 Å². The fraction of sp³-hybridized carbons (Fsp3) is 0.500. The summed E-state index contributed by atoms with van der Waals surface area (Å²) >= 11 is 0. The lowest BCUT2D eigenvalue weighted by Crippen LogP contribution is -2.31. The second kappa shape index (κ2) is 6.05. The molecule has 0 radical (unpaired) electrons. The van der Waals surface area contributed by atoms with Crippen LogP contribution in [0.1, 0.15) is 6.92 Å². The van der Waals surface area contributed by atoms with Gasteiger partial charge in [0.15, 0.2) is 0 Å². The molecule has 1 N–H and O–H groups in total. The Hall–Kier alpha value is -1.04. The number of nitrogens with one attached hydrogen (secondary N) is 1. The molecule has 0 aromatic carbocycles. The van der Waals surface area contributed by atoms with E-state index < -0.39 is 38.8 Å². The van der Waals surface area contributed by atoms with Crippen LogP contribution >= 0.6 is 0 Å². The monoisotopic (exact) mass is 291 g/mol. The maximum absolute atomic E-state index is 12.0. The highest BCUT2D eigenvalue weighted by Crippen LogP contribution is 1.95. The molecule has 17 heavy (non-hydrogen) atoms. The highest BCUT2D eigenvalue weighted by Gasteiger charge is 2.19. The number of carbonyl (C=O) groups is 1. The van der Waals surface area contributed by atoms with E-state index in [1.54, 1.807) is 0 Å². The van der Waals surface area contributed by atoms with Crippen molar-refractivity contribution in [3.8, 4) is 0 Å². The molecule has 0 aliphatic carbocycles. The summed E-state index contributed by atoms with van der Waals surface area (Å²) in [6, 6.07) is 0. The third kappa shape index (κ3) is 8.74. The first kappa shape index (κ1) is 16.0. The van der Waals surface area contributed by atoms with Crippen LogP contribution in [-0.2, 0) is 35.0 Å². The van der Waals surface area contributed by atoms with Gasteiger partial charge in [-0.05, 0) is 6.92 Å². The molecule has 11 heteroatoms. The van der Waals surface area contributed by atoms with Gasteiger partial charge in [-0.1, -0.05) is 14.6 Å². The minimum atomic E-state index is -5.36. The molecule has 0 aromatic rings. The fourth-order valence-corrected chi connectivity index (χ4v) is 2.34. The second-order valence-electron chi connectivity index (χ2n) is 2.81. The number of hydrogen-bond acceptors (Lipinski definition) is 7. The highest BCUT2D eigenvalue weighted by atomic mass is 32.3. The molecule has 0 fully saturated rings. The van der Waals surface area contributed by atoms with Gasteiger partial charge in [0.1, 0.15) is 6.61 Å². The quantitative estimate of drug-likeness (QED) is 0.214. The molecule has 0 saturated heterocycles. The average Bonchev–Trinajstić information content (AvgIpc) is 2.07. The van der Waals surface area contributed by atoms with Crippen molar-refractivity contribution in [3.63, 3.8) is 0 Å².